The number of hydrogen-bond acceptors (Lipinski definition) is 6. The number of nitrogens with one attached hydrogen (secondary N) is 1. The zero-order chi connectivity index (χ0) is 27.9. The van der Waals surface area contributed by atoms with Gasteiger partial charge in [-0.15, -0.1) is 0 Å². The Bertz CT molecular complexity index is 1220. The van der Waals surface area contributed by atoms with E-state index in [2.05, 4.69) is 5.32 Å². The van der Waals surface area contributed by atoms with Crippen molar-refractivity contribution in [2.45, 2.75) is 45.8 Å². The summed E-state index contributed by atoms with van der Waals surface area (Å²) in [5, 5.41) is 3.52. The third kappa shape index (κ3) is 8.15. The molecule has 2 rings (SSSR count). The number of hydrogen-bond donors (Lipinski definition) is 1. The van der Waals surface area contributed by atoms with Crippen LogP contribution in [-0.2, 0) is 26.2 Å². The molecule has 0 saturated heterocycles. The van der Waals surface area contributed by atoms with Gasteiger partial charge in [-0.2, -0.15) is 0 Å². The average molecular weight is 575 g/mol. The number of carbonyl (C=O) groups is 2. The summed E-state index contributed by atoms with van der Waals surface area (Å²) in [5.41, 5.74) is 0.836. The topological polar surface area (TPSA) is 105 Å². The fourth-order valence-electron chi connectivity index (χ4n) is 3.48. The summed E-state index contributed by atoms with van der Waals surface area (Å²) in [6.07, 6.45) is 1.71. The molecule has 0 aliphatic rings. The van der Waals surface area contributed by atoms with Gasteiger partial charge in [0, 0.05) is 18.7 Å². The van der Waals surface area contributed by atoms with Gasteiger partial charge in [0.2, 0.25) is 21.8 Å². The van der Waals surface area contributed by atoms with Gasteiger partial charge in [-0.05, 0) is 50.1 Å². The molecule has 0 radical (unpaired) electrons. The molecule has 0 bridgehead atoms. The number of halogens is 2. The van der Waals surface area contributed by atoms with Crippen LogP contribution in [0.2, 0.25) is 10.0 Å². The largest absolute Gasteiger partial charge is 0.493 e. The van der Waals surface area contributed by atoms with Crippen LogP contribution in [0.1, 0.15) is 32.8 Å². The van der Waals surface area contributed by atoms with Gasteiger partial charge in [0.15, 0.2) is 11.5 Å². The lowest BCUT2D eigenvalue weighted by atomic mass is 10.1. The second-order valence-corrected chi connectivity index (χ2v) is 11.3. The monoisotopic (exact) mass is 573 g/mol. The van der Waals surface area contributed by atoms with E-state index in [9.17, 15) is 18.0 Å². The molecule has 2 aromatic rings. The molecular formula is C25H33Cl2N3O6S. The molecule has 9 nitrogen and oxygen atoms in total. The molecule has 204 valence electrons. The van der Waals surface area contributed by atoms with Gasteiger partial charge in [0.05, 0.1) is 36.2 Å². The highest BCUT2D eigenvalue weighted by molar-refractivity contribution is 7.92. The van der Waals surface area contributed by atoms with Gasteiger partial charge in [-0.1, -0.05) is 36.2 Å². The molecule has 0 spiro atoms. The Hall–Kier alpha value is -2.69. The van der Waals surface area contributed by atoms with Crippen molar-refractivity contribution < 1.29 is 27.5 Å². The van der Waals surface area contributed by atoms with E-state index in [1.165, 1.54) is 31.3 Å². The van der Waals surface area contributed by atoms with Gasteiger partial charge < -0.3 is 19.7 Å². The number of ether oxygens (including phenoxy) is 2. The number of methoxy groups -OCH3 is 2. The number of amides is 2. The maximum absolute atomic E-state index is 13.6. The van der Waals surface area contributed by atoms with Crippen LogP contribution in [-0.4, -0.2) is 64.2 Å². The van der Waals surface area contributed by atoms with Crippen molar-refractivity contribution in [3.05, 3.63) is 52.0 Å². The van der Waals surface area contributed by atoms with Crippen molar-refractivity contribution in [1.82, 2.24) is 10.2 Å². The first kappa shape index (κ1) is 30.5. The van der Waals surface area contributed by atoms with Crippen molar-refractivity contribution >= 4 is 50.7 Å². The van der Waals surface area contributed by atoms with Gasteiger partial charge in [-0.3, -0.25) is 13.9 Å². The lowest BCUT2D eigenvalue weighted by Gasteiger charge is -2.32. The Balaban J connectivity index is 2.46. The van der Waals surface area contributed by atoms with Crippen LogP contribution in [0.25, 0.3) is 0 Å². The highest BCUT2D eigenvalue weighted by Gasteiger charge is 2.31. The summed E-state index contributed by atoms with van der Waals surface area (Å²) < 4.78 is 37.0. The Morgan fingerprint density at radius 1 is 1.00 bits per heavy atom. The fourth-order valence-corrected chi connectivity index (χ4v) is 4.64. The summed E-state index contributed by atoms with van der Waals surface area (Å²) in [5.74, 6) is -0.240. The normalized spacial score (nSPS) is 12.9. The number of carbonyl (C=O) groups excluding carboxylic acids is 2. The zero-order valence-electron chi connectivity index (χ0n) is 21.7. The molecule has 2 aromatic carbocycles. The molecule has 0 saturated carbocycles. The van der Waals surface area contributed by atoms with Crippen LogP contribution in [0.3, 0.4) is 0 Å². The maximum atomic E-state index is 13.6. The molecule has 2 atom stereocenters. The molecule has 0 heterocycles. The first-order valence-corrected chi connectivity index (χ1v) is 14.2. The Morgan fingerprint density at radius 2 is 1.65 bits per heavy atom. The molecule has 2 amide bonds. The minimum atomic E-state index is -3.89. The third-order valence-corrected chi connectivity index (χ3v) is 7.72. The minimum absolute atomic E-state index is 0.00828. The van der Waals surface area contributed by atoms with Crippen LogP contribution in [0, 0.1) is 0 Å². The molecule has 0 fully saturated rings. The van der Waals surface area contributed by atoms with Crippen LogP contribution in [0.4, 0.5) is 5.69 Å². The predicted molar refractivity (Wildman–Crippen MR) is 146 cm³/mol. The van der Waals surface area contributed by atoms with Gasteiger partial charge in [0.1, 0.15) is 12.6 Å². The van der Waals surface area contributed by atoms with Crippen molar-refractivity contribution in [2.75, 3.05) is 31.3 Å². The number of benzene rings is 2. The van der Waals surface area contributed by atoms with Crippen LogP contribution < -0.4 is 19.1 Å². The van der Waals surface area contributed by atoms with E-state index in [0.717, 1.165) is 10.6 Å². The van der Waals surface area contributed by atoms with E-state index < -0.39 is 28.5 Å². The first-order chi connectivity index (χ1) is 17.3. The van der Waals surface area contributed by atoms with Crippen LogP contribution >= 0.6 is 23.2 Å². The Labute approximate surface area is 228 Å². The second-order valence-electron chi connectivity index (χ2n) is 8.57. The van der Waals surface area contributed by atoms with Gasteiger partial charge >= 0.3 is 0 Å². The Kier molecular flexibility index (Phi) is 10.9. The molecule has 37 heavy (non-hydrogen) atoms. The van der Waals surface area contributed by atoms with E-state index in [-0.39, 0.29) is 24.2 Å². The maximum Gasteiger partial charge on any atom is 0.244 e. The Morgan fingerprint density at radius 3 is 2.19 bits per heavy atom. The summed E-state index contributed by atoms with van der Waals surface area (Å²) in [6, 6.07) is 8.42. The predicted octanol–water partition coefficient (Wildman–Crippen LogP) is 4.11. The lowest BCUT2D eigenvalue weighted by molar-refractivity contribution is -0.139. The SMILES string of the molecule is CC[C@@H](C)NC(=O)[C@H](C)N(Cc1ccc(Cl)c(Cl)c1)C(=O)CN(c1ccc(OC)c(OC)c1)S(C)(=O)=O. The third-order valence-electron chi connectivity index (χ3n) is 5.84. The highest BCUT2D eigenvalue weighted by atomic mass is 35.5. The lowest BCUT2D eigenvalue weighted by Crippen LogP contribution is -2.52. The van der Waals surface area contributed by atoms with Crippen molar-refractivity contribution in [3.8, 4) is 11.5 Å². The fraction of sp³-hybridized carbons (Fsp3) is 0.440. The minimum Gasteiger partial charge on any atom is -0.493 e. The van der Waals surface area contributed by atoms with E-state index in [4.69, 9.17) is 32.7 Å². The average Bonchev–Trinajstić information content (AvgIpc) is 2.85. The number of sulfonamides is 1. The summed E-state index contributed by atoms with van der Waals surface area (Å²) in [7, 11) is -1.01. The van der Waals surface area contributed by atoms with Crippen LogP contribution in [0.15, 0.2) is 36.4 Å². The molecule has 0 unspecified atom stereocenters. The van der Waals surface area contributed by atoms with E-state index >= 15 is 0 Å². The van der Waals surface area contributed by atoms with Crippen LogP contribution in [0.5, 0.6) is 11.5 Å². The summed E-state index contributed by atoms with van der Waals surface area (Å²) in [6.45, 7) is 4.85. The molecule has 0 aliphatic heterocycles. The van der Waals surface area contributed by atoms with Crippen molar-refractivity contribution in [1.29, 1.82) is 0 Å². The number of anilines is 1. The molecule has 0 aromatic heterocycles. The van der Waals surface area contributed by atoms with E-state index in [1.807, 2.05) is 13.8 Å². The van der Waals surface area contributed by atoms with Gasteiger partial charge in [-0.25, -0.2) is 8.42 Å². The zero-order valence-corrected chi connectivity index (χ0v) is 24.1. The molecular weight excluding hydrogens is 541 g/mol. The standard InChI is InChI=1S/C25H33Cl2N3O6S/c1-7-16(2)28-25(32)17(3)29(14-18-8-10-20(26)21(27)12-18)24(31)15-30(37(6,33)34)19-9-11-22(35-4)23(13-19)36-5/h8-13,16-17H,7,14-15H2,1-6H3,(H,28,32)/t16-,17+/m1/s1. The number of rotatable bonds is 12. The quantitative estimate of drug-likeness (QED) is 0.409. The molecule has 0 aliphatic carbocycles. The van der Waals surface area contributed by atoms with Crippen molar-refractivity contribution in [3.63, 3.8) is 0 Å². The summed E-state index contributed by atoms with van der Waals surface area (Å²) in [4.78, 5) is 27.9. The smallest absolute Gasteiger partial charge is 0.244 e. The summed E-state index contributed by atoms with van der Waals surface area (Å²) >= 11 is 12.2. The number of nitrogens with zero attached hydrogens (tertiary/aromatic N) is 2. The highest BCUT2D eigenvalue weighted by Crippen LogP contribution is 2.32. The van der Waals surface area contributed by atoms with Crippen molar-refractivity contribution in [2.24, 2.45) is 0 Å². The second kappa shape index (κ2) is 13.2. The van der Waals surface area contributed by atoms with Gasteiger partial charge in [0.25, 0.3) is 0 Å². The first-order valence-electron chi connectivity index (χ1n) is 11.6. The molecule has 1 N–H and O–H groups in total. The van der Waals surface area contributed by atoms with E-state index in [0.29, 0.717) is 33.5 Å². The van der Waals surface area contributed by atoms with E-state index in [1.54, 1.807) is 31.2 Å². The molecule has 12 heteroatoms.